The molecule has 1 aliphatic heterocycles. The van der Waals surface area contributed by atoms with Gasteiger partial charge in [0, 0.05) is 38.9 Å². The van der Waals surface area contributed by atoms with E-state index in [0.717, 1.165) is 48.8 Å². The summed E-state index contributed by atoms with van der Waals surface area (Å²) in [6, 6.07) is 7.66. The summed E-state index contributed by atoms with van der Waals surface area (Å²) >= 11 is 1.51. The summed E-state index contributed by atoms with van der Waals surface area (Å²) in [6.45, 7) is 9.68. The first kappa shape index (κ1) is 23.5. The second kappa shape index (κ2) is 10.9. The van der Waals surface area contributed by atoms with Gasteiger partial charge in [0.2, 0.25) is 0 Å². The highest BCUT2D eigenvalue weighted by Gasteiger charge is 2.25. The van der Waals surface area contributed by atoms with E-state index in [1.807, 2.05) is 32.0 Å². The number of para-hydroxylation sites is 1. The van der Waals surface area contributed by atoms with Gasteiger partial charge in [-0.3, -0.25) is 19.3 Å². The zero-order valence-corrected chi connectivity index (χ0v) is 19.5. The first-order valence-corrected chi connectivity index (χ1v) is 11.2. The molecule has 1 aromatic carbocycles. The molecule has 2 aromatic heterocycles. The number of hydrogen-bond acceptors (Lipinski definition) is 7. The van der Waals surface area contributed by atoms with Crippen molar-refractivity contribution in [3.63, 3.8) is 0 Å². The Balaban J connectivity index is 0.00000272. The first-order chi connectivity index (χ1) is 14.7. The molecule has 4 rings (SSSR count). The average molecular weight is 466 g/mol. The van der Waals surface area contributed by atoms with Gasteiger partial charge in [-0.25, -0.2) is 4.98 Å². The van der Waals surface area contributed by atoms with E-state index >= 15 is 0 Å². The molecule has 1 saturated heterocycles. The van der Waals surface area contributed by atoms with Crippen LogP contribution in [-0.2, 0) is 11.3 Å². The van der Waals surface area contributed by atoms with Crippen molar-refractivity contribution in [3.8, 4) is 5.75 Å². The number of carbonyl (C=O) groups is 1. The van der Waals surface area contributed by atoms with E-state index in [-0.39, 0.29) is 18.3 Å². The predicted octanol–water partition coefficient (Wildman–Crippen LogP) is 3.31. The fourth-order valence-corrected chi connectivity index (χ4v) is 4.56. The molecule has 0 bridgehead atoms. The van der Waals surface area contributed by atoms with Crippen LogP contribution in [0.2, 0.25) is 0 Å². The van der Waals surface area contributed by atoms with Crippen LogP contribution in [0.15, 0.2) is 30.5 Å². The van der Waals surface area contributed by atoms with Crippen LogP contribution in [0.1, 0.15) is 24.3 Å². The van der Waals surface area contributed by atoms with Crippen molar-refractivity contribution in [2.45, 2.75) is 20.4 Å². The number of benzene rings is 1. The molecular formula is C21H28ClN5O3S. The molecule has 0 N–H and O–H groups in total. The molecule has 1 aliphatic rings. The Labute approximate surface area is 192 Å². The van der Waals surface area contributed by atoms with Crippen LogP contribution in [0.25, 0.3) is 10.2 Å². The summed E-state index contributed by atoms with van der Waals surface area (Å²) in [5, 5.41) is 4.95. The van der Waals surface area contributed by atoms with Gasteiger partial charge < -0.3 is 9.47 Å². The lowest BCUT2D eigenvalue weighted by atomic mass is 10.3. The Hall–Kier alpha value is -2.20. The second-order valence-corrected chi connectivity index (χ2v) is 7.98. The van der Waals surface area contributed by atoms with Gasteiger partial charge in [0.15, 0.2) is 5.13 Å². The molecule has 1 fully saturated rings. The largest absolute Gasteiger partial charge is 0.492 e. The zero-order chi connectivity index (χ0) is 20.9. The lowest BCUT2D eigenvalue weighted by molar-refractivity contribution is 0.0391. The number of rotatable bonds is 8. The molecule has 8 nitrogen and oxygen atoms in total. The number of ether oxygens (including phenoxy) is 2. The van der Waals surface area contributed by atoms with Crippen LogP contribution in [0.3, 0.4) is 0 Å². The Morgan fingerprint density at radius 2 is 2.06 bits per heavy atom. The highest BCUT2D eigenvalue weighted by molar-refractivity contribution is 7.22. The highest BCUT2D eigenvalue weighted by Crippen LogP contribution is 2.34. The van der Waals surface area contributed by atoms with Gasteiger partial charge in [-0.15, -0.1) is 12.4 Å². The number of fused-ring (bicyclic) bond motifs is 1. The Morgan fingerprint density at radius 3 is 2.81 bits per heavy atom. The van der Waals surface area contributed by atoms with E-state index < -0.39 is 0 Å². The van der Waals surface area contributed by atoms with Crippen LogP contribution in [0.4, 0.5) is 5.13 Å². The van der Waals surface area contributed by atoms with Crippen molar-refractivity contribution in [1.29, 1.82) is 0 Å². The van der Waals surface area contributed by atoms with E-state index in [1.54, 1.807) is 21.8 Å². The molecule has 3 aromatic rings. The Kier molecular flexibility index (Phi) is 8.25. The third-order valence-electron chi connectivity index (χ3n) is 5.13. The van der Waals surface area contributed by atoms with Crippen molar-refractivity contribution < 1.29 is 14.3 Å². The Bertz CT molecular complexity index is 1000. The molecule has 0 unspecified atom stereocenters. The number of carbonyl (C=O) groups excluding carboxylic acids is 1. The van der Waals surface area contributed by atoms with Gasteiger partial charge in [0.25, 0.3) is 5.91 Å². The maximum absolute atomic E-state index is 13.5. The van der Waals surface area contributed by atoms with Gasteiger partial charge >= 0.3 is 0 Å². The van der Waals surface area contributed by atoms with E-state index in [4.69, 9.17) is 14.5 Å². The van der Waals surface area contributed by atoms with E-state index in [2.05, 4.69) is 10.00 Å². The maximum Gasteiger partial charge on any atom is 0.278 e. The monoisotopic (exact) mass is 465 g/mol. The fraction of sp³-hybridized carbons (Fsp3) is 0.476. The molecule has 10 heteroatoms. The minimum absolute atomic E-state index is 0. The maximum atomic E-state index is 13.5. The van der Waals surface area contributed by atoms with Crippen LogP contribution < -0.4 is 9.64 Å². The molecule has 1 amide bonds. The number of aromatic nitrogens is 3. The summed E-state index contributed by atoms with van der Waals surface area (Å²) < 4.78 is 13.9. The van der Waals surface area contributed by atoms with Crippen molar-refractivity contribution >= 4 is 45.0 Å². The normalized spacial score (nSPS) is 14.4. The summed E-state index contributed by atoms with van der Waals surface area (Å²) in [5.74, 6) is 0.663. The summed E-state index contributed by atoms with van der Waals surface area (Å²) in [7, 11) is 0. The number of anilines is 1. The lowest BCUT2D eigenvalue weighted by Crippen LogP contribution is -2.43. The van der Waals surface area contributed by atoms with Crippen molar-refractivity contribution in [1.82, 2.24) is 19.7 Å². The third-order valence-corrected chi connectivity index (χ3v) is 6.17. The van der Waals surface area contributed by atoms with Crippen LogP contribution in [0.5, 0.6) is 5.75 Å². The standard InChI is InChI=1S/C21H27N5O3S.ClH/c1-3-26-16(8-9-22-26)20(27)25(11-10-24-12-14-28-15-13-24)21-23-19-17(29-4-2)6-5-7-18(19)30-21;/h5-9H,3-4,10-15H2,1-2H3;1H. The topological polar surface area (TPSA) is 72.7 Å². The van der Waals surface area contributed by atoms with E-state index in [0.29, 0.717) is 30.5 Å². The number of aryl methyl sites for hydroxylation is 1. The number of thiazole rings is 1. The highest BCUT2D eigenvalue weighted by atomic mass is 35.5. The Morgan fingerprint density at radius 1 is 1.26 bits per heavy atom. The third kappa shape index (κ3) is 5.17. The summed E-state index contributed by atoms with van der Waals surface area (Å²) in [6.07, 6.45) is 1.67. The number of nitrogens with zero attached hydrogens (tertiary/aromatic N) is 5. The first-order valence-electron chi connectivity index (χ1n) is 10.4. The van der Waals surface area contributed by atoms with Gasteiger partial charge in [0.1, 0.15) is 17.0 Å². The van der Waals surface area contributed by atoms with E-state index in [9.17, 15) is 4.79 Å². The van der Waals surface area contributed by atoms with Crippen molar-refractivity contribution in [2.75, 3.05) is 50.9 Å². The van der Waals surface area contributed by atoms with Crippen molar-refractivity contribution in [2.24, 2.45) is 0 Å². The number of halogens is 1. The van der Waals surface area contributed by atoms with Gasteiger partial charge in [0.05, 0.1) is 24.5 Å². The van der Waals surface area contributed by atoms with Gasteiger partial charge in [-0.1, -0.05) is 17.4 Å². The van der Waals surface area contributed by atoms with Gasteiger partial charge in [-0.05, 0) is 32.0 Å². The molecule has 0 atom stereocenters. The van der Waals surface area contributed by atoms with Crippen molar-refractivity contribution in [3.05, 3.63) is 36.2 Å². The number of morpholine rings is 1. The molecule has 31 heavy (non-hydrogen) atoms. The fourth-order valence-electron chi connectivity index (χ4n) is 3.55. The molecule has 0 saturated carbocycles. The minimum atomic E-state index is -0.0837. The van der Waals surface area contributed by atoms with Crippen LogP contribution in [0, 0.1) is 0 Å². The summed E-state index contributed by atoms with van der Waals surface area (Å²) in [4.78, 5) is 22.4. The average Bonchev–Trinajstić information content (AvgIpc) is 3.42. The predicted molar refractivity (Wildman–Crippen MR) is 125 cm³/mol. The molecule has 3 heterocycles. The lowest BCUT2D eigenvalue weighted by Gasteiger charge is -2.29. The molecule has 168 valence electrons. The quantitative estimate of drug-likeness (QED) is 0.508. The molecule has 0 aliphatic carbocycles. The number of hydrogen-bond donors (Lipinski definition) is 0. The SMILES string of the molecule is CCOc1cccc2sc(N(CCN3CCOCC3)C(=O)c3ccnn3CC)nc12.Cl. The number of amides is 1. The minimum Gasteiger partial charge on any atom is -0.492 e. The van der Waals surface area contributed by atoms with Crippen LogP contribution in [-0.4, -0.2) is 71.6 Å². The van der Waals surface area contributed by atoms with Crippen LogP contribution >= 0.6 is 23.7 Å². The van der Waals surface area contributed by atoms with Gasteiger partial charge in [-0.2, -0.15) is 5.10 Å². The second-order valence-electron chi connectivity index (χ2n) is 6.98. The van der Waals surface area contributed by atoms with E-state index in [1.165, 1.54) is 11.3 Å². The molecular weight excluding hydrogens is 438 g/mol. The zero-order valence-electron chi connectivity index (χ0n) is 17.8. The summed E-state index contributed by atoms with van der Waals surface area (Å²) in [5.41, 5.74) is 1.37. The smallest absolute Gasteiger partial charge is 0.278 e. The molecule has 0 spiro atoms. The molecule has 0 radical (unpaired) electrons.